The zero-order chi connectivity index (χ0) is 12.1. The molecule has 4 nitrogen and oxygen atoms in total. The molecular formula is C11H15ClO4. The molecule has 0 aromatic heterocycles. The fourth-order valence-corrected chi connectivity index (χ4v) is 1.46. The zero-order valence-corrected chi connectivity index (χ0v) is 9.38. The van der Waals surface area contributed by atoms with Crippen LogP contribution in [0.4, 0.5) is 0 Å². The summed E-state index contributed by atoms with van der Waals surface area (Å²) in [6.07, 6.45) is -3.83. The lowest BCUT2D eigenvalue weighted by molar-refractivity contribution is -0.158. The molecule has 1 aromatic rings. The average Bonchev–Trinajstić information content (AvgIpc) is 2.26. The van der Waals surface area contributed by atoms with Crippen LogP contribution in [0.15, 0.2) is 24.3 Å². The second-order valence-corrected chi connectivity index (χ2v) is 4.07. The van der Waals surface area contributed by atoms with Gasteiger partial charge in [0.15, 0.2) is 6.29 Å². The Hall–Kier alpha value is -0.650. The van der Waals surface area contributed by atoms with E-state index in [1.54, 1.807) is 12.1 Å². The molecule has 0 amide bonds. The van der Waals surface area contributed by atoms with E-state index in [1.807, 2.05) is 12.1 Å². The molecule has 0 fully saturated rings. The summed E-state index contributed by atoms with van der Waals surface area (Å²) in [6, 6.07) is 7.11. The van der Waals surface area contributed by atoms with Crippen LogP contribution in [-0.2, 0) is 6.42 Å². The number of aliphatic hydroxyl groups is 4. The summed E-state index contributed by atoms with van der Waals surface area (Å²) in [5.41, 5.74) is 0.961. The van der Waals surface area contributed by atoms with Gasteiger partial charge in [0.05, 0.1) is 6.10 Å². The van der Waals surface area contributed by atoms with Gasteiger partial charge >= 0.3 is 0 Å². The molecule has 0 aliphatic rings. The molecule has 90 valence electrons. The van der Waals surface area contributed by atoms with Gasteiger partial charge in [-0.05, 0) is 30.5 Å². The van der Waals surface area contributed by atoms with Gasteiger partial charge in [-0.15, -0.1) is 0 Å². The Bertz CT molecular complexity index is 312. The van der Waals surface area contributed by atoms with Gasteiger partial charge in [-0.2, -0.15) is 0 Å². The molecule has 0 heterocycles. The third-order valence-electron chi connectivity index (χ3n) is 2.34. The van der Waals surface area contributed by atoms with Crippen LogP contribution in [0.5, 0.6) is 0 Å². The Morgan fingerprint density at radius 2 is 1.56 bits per heavy atom. The number of aryl methyl sites for hydroxylation is 1. The van der Waals surface area contributed by atoms with Crippen LogP contribution in [0.2, 0.25) is 5.02 Å². The van der Waals surface area contributed by atoms with Gasteiger partial charge in [0.1, 0.15) is 6.10 Å². The molecule has 1 rings (SSSR count). The van der Waals surface area contributed by atoms with Crippen LogP contribution >= 0.6 is 11.6 Å². The normalized spacial score (nSPS) is 15.1. The summed E-state index contributed by atoms with van der Waals surface area (Å²) < 4.78 is 0. The number of rotatable bonds is 5. The van der Waals surface area contributed by atoms with E-state index in [1.165, 1.54) is 0 Å². The summed E-state index contributed by atoms with van der Waals surface area (Å²) in [5.74, 6) is 0. The molecule has 0 aliphatic heterocycles. The van der Waals surface area contributed by atoms with Crippen molar-refractivity contribution >= 4 is 11.6 Å². The third-order valence-corrected chi connectivity index (χ3v) is 2.59. The van der Waals surface area contributed by atoms with Gasteiger partial charge < -0.3 is 20.4 Å². The van der Waals surface area contributed by atoms with Crippen molar-refractivity contribution in [2.24, 2.45) is 0 Å². The van der Waals surface area contributed by atoms with Gasteiger partial charge in [0, 0.05) is 5.02 Å². The van der Waals surface area contributed by atoms with Crippen molar-refractivity contribution in [3.8, 4) is 0 Å². The number of aliphatic hydroxyl groups excluding tert-OH is 3. The van der Waals surface area contributed by atoms with Crippen LogP contribution in [-0.4, -0.2) is 38.9 Å². The number of hydrogen-bond donors (Lipinski definition) is 4. The van der Waals surface area contributed by atoms with Gasteiger partial charge in [-0.1, -0.05) is 23.7 Å². The van der Waals surface area contributed by atoms with E-state index in [9.17, 15) is 5.11 Å². The average molecular weight is 247 g/mol. The van der Waals surface area contributed by atoms with Gasteiger partial charge in [0.2, 0.25) is 0 Å². The summed E-state index contributed by atoms with van der Waals surface area (Å²) in [6.45, 7) is 0. The first-order valence-corrected chi connectivity index (χ1v) is 5.35. The van der Waals surface area contributed by atoms with E-state index >= 15 is 0 Å². The van der Waals surface area contributed by atoms with Gasteiger partial charge in [-0.25, -0.2) is 0 Å². The van der Waals surface area contributed by atoms with Crippen LogP contribution in [0.25, 0.3) is 0 Å². The number of hydrogen-bond acceptors (Lipinski definition) is 4. The maximum absolute atomic E-state index is 9.41. The SMILES string of the molecule is OC(O)C(O)C(O)CCc1ccc(Cl)cc1. The molecule has 0 aliphatic carbocycles. The first-order valence-electron chi connectivity index (χ1n) is 4.97. The van der Waals surface area contributed by atoms with Crippen molar-refractivity contribution in [3.05, 3.63) is 34.9 Å². The number of benzene rings is 1. The van der Waals surface area contributed by atoms with Crippen LogP contribution in [0, 0.1) is 0 Å². The van der Waals surface area contributed by atoms with Crippen molar-refractivity contribution in [1.29, 1.82) is 0 Å². The summed E-state index contributed by atoms with van der Waals surface area (Å²) in [7, 11) is 0. The zero-order valence-electron chi connectivity index (χ0n) is 8.62. The van der Waals surface area contributed by atoms with Gasteiger partial charge in [0.25, 0.3) is 0 Å². The molecule has 5 heteroatoms. The van der Waals surface area contributed by atoms with E-state index in [2.05, 4.69) is 0 Å². The molecule has 0 radical (unpaired) electrons. The second kappa shape index (κ2) is 6.18. The predicted octanol–water partition coefficient (Wildman–Crippen LogP) is 0.305. The quantitative estimate of drug-likeness (QED) is 0.564. The van der Waals surface area contributed by atoms with E-state index in [4.69, 9.17) is 26.9 Å². The van der Waals surface area contributed by atoms with Gasteiger partial charge in [-0.3, -0.25) is 0 Å². The highest BCUT2D eigenvalue weighted by Crippen LogP contribution is 2.13. The molecule has 0 saturated heterocycles. The topological polar surface area (TPSA) is 80.9 Å². The fourth-order valence-electron chi connectivity index (χ4n) is 1.34. The van der Waals surface area contributed by atoms with Crippen molar-refractivity contribution < 1.29 is 20.4 Å². The maximum atomic E-state index is 9.41. The van der Waals surface area contributed by atoms with Crippen molar-refractivity contribution in [2.45, 2.75) is 31.3 Å². The third kappa shape index (κ3) is 4.08. The minimum Gasteiger partial charge on any atom is -0.390 e. The standard InChI is InChI=1S/C11H15ClO4/c12-8-4-1-7(2-5-8)3-6-9(13)10(14)11(15)16/h1-2,4-5,9-11,13-16H,3,6H2. The lowest BCUT2D eigenvalue weighted by Crippen LogP contribution is -2.37. The smallest absolute Gasteiger partial charge is 0.180 e. The van der Waals surface area contributed by atoms with E-state index in [0.717, 1.165) is 5.56 Å². The molecule has 1 aromatic carbocycles. The maximum Gasteiger partial charge on any atom is 0.180 e. The predicted molar refractivity (Wildman–Crippen MR) is 60.0 cm³/mol. The highest BCUT2D eigenvalue weighted by atomic mass is 35.5. The van der Waals surface area contributed by atoms with E-state index in [-0.39, 0.29) is 6.42 Å². The first kappa shape index (κ1) is 13.4. The molecule has 2 unspecified atom stereocenters. The Labute approximate surface area is 98.7 Å². The lowest BCUT2D eigenvalue weighted by atomic mass is 10.0. The fraction of sp³-hybridized carbons (Fsp3) is 0.455. The highest BCUT2D eigenvalue weighted by Gasteiger charge is 2.22. The number of halogens is 1. The molecule has 16 heavy (non-hydrogen) atoms. The molecule has 0 bridgehead atoms. The molecule has 4 N–H and O–H groups in total. The highest BCUT2D eigenvalue weighted by molar-refractivity contribution is 6.30. The minimum atomic E-state index is -1.92. The monoisotopic (exact) mass is 246 g/mol. The van der Waals surface area contributed by atoms with E-state index in [0.29, 0.717) is 11.4 Å². The summed E-state index contributed by atoms with van der Waals surface area (Å²) >= 11 is 5.71. The summed E-state index contributed by atoms with van der Waals surface area (Å²) in [5, 5.41) is 36.5. The second-order valence-electron chi connectivity index (χ2n) is 3.64. The lowest BCUT2D eigenvalue weighted by Gasteiger charge is -2.19. The Morgan fingerprint density at radius 1 is 1.00 bits per heavy atom. The van der Waals surface area contributed by atoms with Crippen LogP contribution < -0.4 is 0 Å². The molecular weight excluding hydrogens is 232 g/mol. The van der Waals surface area contributed by atoms with Crippen molar-refractivity contribution in [2.75, 3.05) is 0 Å². The summed E-state index contributed by atoms with van der Waals surface area (Å²) in [4.78, 5) is 0. The first-order chi connectivity index (χ1) is 7.50. The Kier molecular flexibility index (Phi) is 5.18. The van der Waals surface area contributed by atoms with Crippen molar-refractivity contribution in [3.63, 3.8) is 0 Å². The van der Waals surface area contributed by atoms with Crippen molar-refractivity contribution in [1.82, 2.24) is 0 Å². The largest absolute Gasteiger partial charge is 0.390 e. The Balaban J connectivity index is 2.42. The van der Waals surface area contributed by atoms with Crippen LogP contribution in [0.1, 0.15) is 12.0 Å². The molecule has 0 spiro atoms. The molecule has 2 atom stereocenters. The Morgan fingerprint density at radius 3 is 2.06 bits per heavy atom. The van der Waals surface area contributed by atoms with E-state index < -0.39 is 18.5 Å². The van der Waals surface area contributed by atoms with Crippen LogP contribution in [0.3, 0.4) is 0 Å². The molecule has 0 saturated carbocycles. The minimum absolute atomic E-state index is 0.250.